The number of piperidine rings is 1. The van der Waals surface area contributed by atoms with Crippen LogP contribution in [0, 0.1) is 0 Å². The SMILES string of the molecule is CCC1CCCCN1S(=O)(=O)c1ccc(C=O)c2ccccc12. The summed E-state index contributed by atoms with van der Waals surface area (Å²) >= 11 is 0. The molecule has 2 aromatic carbocycles. The van der Waals surface area contributed by atoms with Gasteiger partial charge in [-0.3, -0.25) is 4.79 Å². The Morgan fingerprint density at radius 2 is 1.87 bits per heavy atom. The number of carbonyl (C=O) groups is 1. The number of nitrogens with zero attached hydrogens (tertiary/aromatic N) is 1. The van der Waals surface area contributed by atoms with Crippen LogP contribution in [0.2, 0.25) is 0 Å². The first-order valence-corrected chi connectivity index (χ1v) is 9.52. The summed E-state index contributed by atoms with van der Waals surface area (Å²) in [6, 6.07) is 10.4. The van der Waals surface area contributed by atoms with Crippen LogP contribution in [-0.2, 0) is 10.0 Å². The molecular weight excluding hydrogens is 310 g/mol. The second-order valence-electron chi connectivity index (χ2n) is 5.99. The van der Waals surface area contributed by atoms with E-state index in [1.807, 2.05) is 19.1 Å². The number of hydrogen-bond donors (Lipinski definition) is 0. The molecule has 2 aromatic rings. The Labute approximate surface area is 137 Å². The van der Waals surface area contributed by atoms with Crippen LogP contribution in [0.3, 0.4) is 0 Å². The third-order valence-electron chi connectivity index (χ3n) is 4.68. The largest absolute Gasteiger partial charge is 0.298 e. The summed E-state index contributed by atoms with van der Waals surface area (Å²) in [4.78, 5) is 11.5. The summed E-state index contributed by atoms with van der Waals surface area (Å²) in [6.07, 6.45) is 4.49. The van der Waals surface area contributed by atoms with Gasteiger partial charge in [-0.25, -0.2) is 8.42 Å². The van der Waals surface area contributed by atoms with Crippen LogP contribution in [0.1, 0.15) is 43.0 Å². The first kappa shape index (κ1) is 16.1. The van der Waals surface area contributed by atoms with Crippen LogP contribution in [0.4, 0.5) is 0 Å². The van der Waals surface area contributed by atoms with Crippen LogP contribution in [0.25, 0.3) is 10.8 Å². The van der Waals surface area contributed by atoms with E-state index in [9.17, 15) is 13.2 Å². The van der Waals surface area contributed by atoms with E-state index in [-0.39, 0.29) is 6.04 Å². The molecular formula is C18H21NO3S. The maximum Gasteiger partial charge on any atom is 0.243 e. The highest BCUT2D eigenvalue weighted by atomic mass is 32.2. The van der Waals surface area contributed by atoms with E-state index in [1.54, 1.807) is 28.6 Å². The first-order valence-electron chi connectivity index (χ1n) is 8.08. The third-order valence-corrected chi connectivity index (χ3v) is 6.69. The van der Waals surface area contributed by atoms with Gasteiger partial charge in [0.05, 0.1) is 4.90 Å². The molecule has 1 aliphatic rings. The molecule has 1 atom stereocenters. The monoisotopic (exact) mass is 331 g/mol. The zero-order chi connectivity index (χ0) is 16.4. The summed E-state index contributed by atoms with van der Waals surface area (Å²) < 4.78 is 28.1. The van der Waals surface area contributed by atoms with Gasteiger partial charge in [0.1, 0.15) is 0 Å². The van der Waals surface area contributed by atoms with Crippen molar-refractivity contribution in [2.24, 2.45) is 0 Å². The second-order valence-corrected chi connectivity index (χ2v) is 7.85. The molecule has 0 radical (unpaired) electrons. The average Bonchev–Trinajstić information content (AvgIpc) is 2.60. The first-order chi connectivity index (χ1) is 11.1. The molecule has 0 N–H and O–H groups in total. The highest BCUT2D eigenvalue weighted by molar-refractivity contribution is 7.89. The molecule has 1 unspecified atom stereocenters. The maximum absolute atomic E-state index is 13.2. The predicted octanol–water partition coefficient (Wildman–Crippen LogP) is 3.61. The van der Waals surface area contributed by atoms with E-state index in [0.29, 0.717) is 27.8 Å². The summed E-state index contributed by atoms with van der Waals surface area (Å²) in [6.45, 7) is 2.61. The molecule has 1 heterocycles. The minimum Gasteiger partial charge on any atom is -0.298 e. The van der Waals surface area contributed by atoms with E-state index in [0.717, 1.165) is 32.0 Å². The van der Waals surface area contributed by atoms with Crippen molar-refractivity contribution in [3.63, 3.8) is 0 Å². The van der Waals surface area contributed by atoms with Crippen molar-refractivity contribution in [3.05, 3.63) is 42.0 Å². The zero-order valence-electron chi connectivity index (χ0n) is 13.2. The Morgan fingerprint density at radius 3 is 2.57 bits per heavy atom. The predicted molar refractivity (Wildman–Crippen MR) is 91.2 cm³/mol. The number of rotatable bonds is 4. The number of hydrogen-bond acceptors (Lipinski definition) is 3. The highest BCUT2D eigenvalue weighted by Gasteiger charge is 2.33. The molecule has 0 aromatic heterocycles. The van der Waals surface area contributed by atoms with E-state index < -0.39 is 10.0 Å². The van der Waals surface area contributed by atoms with E-state index in [2.05, 4.69) is 0 Å². The minimum atomic E-state index is -3.56. The standard InChI is InChI=1S/C18H21NO3S/c1-2-15-7-5-6-12-19(15)23(21,22)18-11-10-14(13-20)16-8-3-4-9-17(16)18/h3-4,8-11,13,15H,2,5-7,12H2,1H3. The molecule has 1 saturated heterocycles. The zero-order valence-corrected chi connectivity index (χ0v) is 14.1. The number of benzene rings is 2. The fourth-order valence-electron chi connectivity index (χ4n) is 3.45. The number of carbonyl (C=O) groups excluding carboxylic acids is 1. The van der Waals surface area contributed by atoms with Crippen LogP contribution < -0.4 is 0 Å². The molecule has 1 fully saturated rings. The molecule has 0 spiro atoms. The normalized spacial score (nSPS) is 19.8. The summed E-state index contributed by atoms with van der Waals surface area (Å²) in [5.41, 5.74) is 0.519. The molecule has 122 valence electrons. The number of fused-ring (bicyclic) bond motifs is 1. The van der Waals surface area contributed by atoms with Crippen molar-refractivity contribution in [1.82, 2.24) is 4.31 Å². The topological polar surface area (TPSA) is 54.5 Å². The molecule has 5 heteroatoms. The lowest BCUT2D eigenvalue weighted by molar-refractivity contribution is 0.112. The quantitative estimate of drug-likeness (QED) is 0.804. The van der Waals surface area contributed by atoms with Crippen molar-refractivity contribution in [2.75, 3.05) is 6.54 Å². The Morgan fingerprint density at radius 1 is 1.13 bits per heavy atom. The Bertz CT molecular complexity index is 829. The van der Waals surface area contributed by atoms with Crippen LogP contribution in [-0.4, -0.2) is 31.6 Å². The molecule has 0 bridgehead atoms. The van der Waals surface area contributed by atoms with Crippen molar-refractivity contribution < 1.29 is 13.2 Å². The van der Waals surface area contributed by atoms with Crippen molar-refractivity contribution >= 4 is 27.1 Å². The lowest BCUT2D eigenvalue weighted by Crippen LogP contribution is -2.43. The minimum absolute atomic E-state index is 0.0678. The Hall–Kier alpha value is -1.72. The van der Waals surface area contributed by atoms with Gasteiger partial charge in [0.25, 0.3) is 0 Å². The fraction of sp³-hybridized carbons (Fsp3) is 0.389. The second kappa shape index (κ2) is 6.42. The molecule has 3 rings (SSSR count). The third kappa shape index (κ3) is 2.79. The van der Waals surface area contributed by atoms with Gasteiger partial charge in [-0.1, -0.05) is 37.6 Å². The van der Waals surface area contributed by atoms with Gasteiger partial charge >= 0.3 is 0 Å². The van der Waals surface area contributed by atoms with E-state index >= 15 is 0 Å². The highest BCUT2D eigenvalue weighted by Crippen LogP contribution is 2.32. The molecule has 0 saturated carbocycles. The van der Waals surface area contributed by atoms with Gasteiger partial charge in [-0.05, 0) is 36.8 Å². The Balaban J connectivity index is 2.17. The molecule has 1 aliphatic heterocycles. The summed E-state index contributed by atoms with van der Waals surface area (Å²) in [7, 11) is -3.56. The van der Waals surface area contributed by atoms with Gasteiger partial charge in [-0.2, -0.15) is 4.31 Å². The average molecular weight is 331 g/mol. The molecule has 4 nitrogen and oxygen atoms in total. The van der Waals surface area contributed by atoms with Crippen LogP contribution in [0.15, 0.2) is 41.3 Å². The van der Waals surface area contributed by atoms with Gasteiger partial charge in [0.15, 0.2) is 6.29 Å². The Kier molecular flexibility index (Phi) is 4.50. The molecule has 23 heavy (non-hydrogen) atoms. The maximum atomic E-state index is 13.2. The lowest BCUT2D eigenvalue weighted by Gasteiger charge is -2.34. The van der Waals surface area contributed by atoms with Crippen LogP contribution >= 0.6 is 0 Å². The molecule has 0 aliphatic carbocycles. The molecule has 0 amide bonds. The van der Waals surface area contributed by atoms with Gasteiger partial charge < -0.3 is 0 Å². The summed E-state index contributed by atoms with van der Waals surface area (Å²) in [5, 5.41) is 1.31. The van der Waals surface area contributed by atoms with Gasteiger partial charge in [0, 0.05) is 23.5 Å². The number of aldehydes is 1. The lowest BCUT2D eigenvalue weighted by atomic mass is 10.0. The smallest absolute Gasteiger partial charge is 0.243 e. The van der Waals surface area contributed by atoms with Gasteiger partial charge in [0.2, 0.25) is 10.0 Å². The van der Waals surface area contributed by atoms with Crippen molar-refractivity contribution in [3.8, 4) is 0 Å². The van der Waals surface area contributed by atoms with Gasteiger partial charge in [-0.15, -0.1) is 0 Å². The van der Waals surface area contributed by atoms with E-state index in [1.165, 1.54) is 0 Å². The van der Waals surface area contributed by atoms with Crippen molar-refractivity contribution in [2.45, 2.75) is 43.5 Å². The fourth-order valence-corrected chi connectivity index (χ4v) is 5.41. The summed E-state index contributed by atoms with van der Waals surface area (Å²) in [5.74, 6) is 0. The number of sulfonamides is 1. The van der Waals surface area contributed by atoms with Crippen molar-refractivity contribution in [1.29, 1.82) is 0 Å². The van der Waals surface area contributed by atoms with E-state index in [4.69, 9.17) is 0 Å². The van der Waals surface area contributed by atoms with Crippen LogP contribution in [0.5, 0.6) is 0 Å².